The average Bonchev–Trinajstić information content (AvgIpc) is 2.27. The van der Waals surface area contributed by atoms with Crippen LogP contribution < -0.4 is 14.8 Å². The highest BCUT2D eigenvalue weighted by Gasteiger charge is 2.13. The molecule has 4 heteroatoms. The monoisotopic (exact) mass is 223 g/mol. The van der Waals surface area contributed by atoms with E-state index in [9.17, 15) is 4.79 Å². The lowest BCUT2D eigenvalue weighted by molar-refractivity contribution is -0.119. The van der Waals surface area contributed by atoms with Crippen molar-refractivity contribution in [3.8, 4) is 11.5 Å². The Balaban J connectivity index is 3.02. The van der Waals surface area contributed by atoms with E-state index in [1.807, 2.05) is 25.1 Å². The number of ether oxygens (including phenoxy) is 2. The number of carbonyl (C=O) groups is 1. The van der Waals surface area contributed by atoms with Gasteiger partial charge in [0.25, 0.3) is 0 Å². The summed E-state index contributed by atoms with van der Waals surface area (Å²) in [5.41, 5.74) is 0.900. The molecule has 0 spiro atoms. The van der Waals surface area contributed by atoms with Crippen LogP contribution in [0, 0.1) is 0 Å². The maximum atomic E-state index is 11.0. The van der Waals surface area contributed by atoms with Crippen molar-refractivity contribution in [2.45, 2.75) is 19.9 Å². The molecule has 1 atom stereocenters. The summed E-state index contributed by atoms with van der Waals surface area (Å²) in [6, 6.07) is 5.40. The number of nitrogens with one attached hydrogen (secondary N) is 1. The number of amides is 1. The second kappa shape index (κ2) is 5.39. The van der Waals surface area contributed by atoms with Crippen LogP contribution in [0.2, 0.25) is 0 Å². The molecule has 0 heterocycles. The van der Waals surface area contributed by atoms with E-state index in [0.29, 0.717) is 0 Å². The lowest BCUT2D eigenvalue weighted by Gasteiger charge is -2.17. The zero-order valence-electron chi connectivity index (χ0n) is 10.0. The summed E-state index contributed by atoms with van der Waals surface area (Å²) in [6.07, 6.45) is 0. The molecule has 0 aliphatic carbocycles. The maximum absolute atomic E-state index is 11.0. The van der Waals surface area contributed by atoms with Gasteiger partial charge in [0.05, 0.1) is 20.3 Å². The van der Waals surface area contributed by atoms with Crippen LogP contribution in [0.4, 0.5) is 0 Å². The minimum Gasteiger partial charge on any atom is -0.497 e. The minimum atomic E-state index is -0.109. The van der Waals surface area contributed by atoms with Gasteiger partial charge in [0.15, 0.2) is 0 Å². The lowest BCUT2D eigenvalue weighted by atomic mass is 10.1. The zero-order chi connectivity index (χ0) is 12.1. The van der Waals surface area contributed by atoms with Crippen molar-refractivity contribution < 1.29 is 14.3 Å². The zero-order valence-corrected chi connectivity index (χ0v) is 10.0. The molecule has 0 radical (unpaired) electrons. The molecule has 4 nitrogen and oxygen atoms in total. The third-order valence-corrected chi connectivity index (χ3v) is 2.32. The first-order valence-corrected chi connectivity index (χ1v) is 5.07. The van der Waals surface area contributed by atoms with Crippen LogP contribution in [0.25, 0.3) is 0 Å². The molecule has 1 aromatic rings. The molecule has 0 saturated heterocycles. The number of rotatable bonds is 4. The molecule has 88 valence electrons. The van der Waals surface area contributed by atoms with Crippen molar-refractivity contribution in [1.82, 2.24) is 5.32 Å². The number of benzene rings is 1. The molecular formula is C12H17NO3. The highest BCUT2D eigenvalue weighted by molar-refractivity contribution is 5.73. The van der Waals surface area contributed by atoms with Crippen molar-refractivity contribution in [2.75, 3.05) is 14.2 Å². The number of carbonyl (C=O) groups excluding carboxylic acids is 1. The average molecular weight is 223 g/mol. The predicted octanol–water partition coefficient (Wildman–Crippen LogP) is 1.90. The number of methoxy groups -OCH3 is 2. The van der Waals surface area contributed by atoms with Gasteiger partial charge in [-0.2, -0.15) is 0 Å². The summed E-state index contributed by atoms with van der Waals surface area (Å²) in [6.45, 7) is 3.39. The van der Waals surface area contributed by atoms with Crippen LogP contribution in [-0.4, -0.2) is 20.1 Å². The van der Waals surface area contributed by atoms with E-state index in [4.69, 9.17) is 9.47 Å². The van der Waals surface area contributed by atoms with E-state index >= 15 is 0 Å². The largest absolute Gasteiger partial charge is 0.497 e. The predicted molar refractivity (Wildman–Crippen MR) is 61.8 cm³/mol. The Morgan fingerprint density at radius 1 is 1.31 bits per heavy atom. The Hall–Kier alpha value is -1.71. The van der Waals surface area contributed by atoms with Crippen molar-refractivity contribution in [3.63, 3.8) is 0 Å². The third-order valence-electron chi connectivity index (χ3n) is 2.32. The van der Waals surface area contributed by atoms with E-state index in [1.54, 1.807) is 14.2 Å². The van der Waals surface area contributed by atoms with Crippen molar-refractivity contribution >= 4 is 5.91 Å². The highest BCUT2D eigenvalue weighted by Crippen LogP contribution is 2.28. The molecular weight excluding hydrogens is 206 g/mol. The van der Waals surface area contributed by atoms with Gasteiger partial charge in [-0.25, -0.2) is 0 Å². The Kier molecular flexibility index (Phi) is 4.17. The molecule has 0 aliphatic rings. The third kappa shape index (κ3) is 2.89. The Labute approximate surface area is 95.6 Å². The van der Waals surface area contributed by atoms with E-state index in [-0.39, 0.29) is 11.9 Å². The first-order valence-electron chi connectivity index (χ1n) is 5.07. The van der Waals surface area contributed by atoms with Gasteiger partial charge in [0.2, 0.25) is 5.91 Å². The van der Waals surface area contributed by atoms with E-state index in [0.717, 1.165) is 17.1 Å². The van der Waals surface area contributed by atoms with Gasteiger partial charge in [-0.1, -0.05) is 0 Å². The molecule has 0 bridgehead atoms. The molecule has 0 saturated carbocycles. The van der Waals surface area contributed by atoms with Gasteiger partial charge in [-0.05, 0) is 25.1 Å². The van der Waals surface area contributed by atoms with E-state index in [2.05, 4.69) is 5.32 Å². The fraction of sp³-hybridized carbons (Fsp3) is 0.417. The summed E-state index contributed by atoms with van der Waals surface area (Å²) >= 11 is 0. The van der Waals surface area contributed by atoms with Crippen molar-refractivity contribution in [1.29, 1.82) is 0 Å². The number of hydrogen-bond acceptors (Lipinski definition) is 3. The van der Waals surface area contributed by atoms with Crippen molar-refractivity contribution in [3.05, 3.63) is 23.8 Å². The topological polar surface area (TPSA) is 47.6 Å². The van der Waals surface area contributed by atoms with Crippen LogP contribution in [0.1, 0.15) is 25.5 Å². The molecule has 0 unspecified atom stereocenters. The number of hydrogen-bond donors (Lipinski definition) is 1. The molecule has 1 N–H and O–H groups in total. The summed E-state index contributed by atoms with van der Waals surface area (Å²) in [5.74, 6) is 1.41. The SMILES string of the molecule is COc1ccc(OC)c([C@@H](C)NC(C)=O)c1. The molecule has 0 aliphatic heterocycles. The van der Waals surface area contributed by atoms with Gasteiger partial charge in [-0.15, -0.1) is 0 Å². The second-order valence-corrected chi connectivity index (χ2v) is 3.53. The minimum absolute atomic E-state index is 0.0719. The van der Waals surface area contributed by atoms with Gasteiger partial charge in [0, 0.05) is 12.5 Å². The fourth-order valence-corrected chi connectivity index (χ4v) is 1.56. The van der Waals surface area contributed by atoms with E-state index in [1.165, 1.54) is 6.92 Å². The molecule has 0 aromatic heterocycles. The molecule has 1 amide bonds. The van der Waals surface area contributed by atoms with E-state index < -0.39 is 0 Å². The first kappa shape index (κ1) is 12.4. The van der Waals surface area contributed by atoms with Crippen LogP contribution in [-0.2, 0) is 4.79 Å². The fourth-order valence-electron chi connectivity index (χ4n) is 1.56. The Morgan fingerprint density at radius 3 is 2.50 bits per heavy atom. The maximum Gasteiger partial charge on any atom is 0.217 e. The van der Waals surface area contributed by atoms with Crippen LogP contribution in [0.15, 0.2) is 18.2 Å². The highest BCUT2D eigenvalue weighted by atomic mass is 16.5. The Morgan fingerprint density at radius 2 is 2.00 bits per heavy atom. The van der Waals surface area contributed by atoms with Gasteiger partial charge < -0.3 is 14.8 Å². The smallest absolute Gasteiger partial charge is 0.217 e. The summed E-state index contributed by atoms with van der Waals surface area (Å²) in [7, 11) is 3.21. The van der Waals surface area contributed by atoms with Gasteiger partial charge >= 0.3 is 0 Å². The molecule has 1 aromatic carbocycles. The van der Waals surface area contributed by atoms with Gasteiger partial charge in [-0.3, -0.25) is 4.79 Å². The summed E-state index contributed by atoms with van der Waals surface area (Å²) in [5, 5.41) is 2.81. The van der Waals surface area contributed by atoms with Crippen molar-refractivity contribution in [2.24, 2.45) is 0 Å². The van der Waals surface area contributed by atoms with Crippen LogP contribution in [0.3, 0.4) is 0 Å². The van der Waals surface area contributed by atoms with Crippen LogP contribution in [0.5, 0.6) is 11.5 Å². The standard InChI is InChI=1S/C12H17NO3/c1-8(13-9(2)14)11-7-10(15-3)5-6-12(11)16-4/h5-8H,1-4H3,(H,13,14)/t8-/m1/s1. The van der Waals surface area contributed by atoms with Gasteiger partial charge in [0.1, 0.15) is 11.5 Å². The normalized spacial score (nSPS) is 11.8. The lowest BCUT2D eigenvalue weighted by Crippen LogP contribution is -2.24. The summed E-state index contributed by atoms with van der Waals surface area (Å²) in [4.78, 5) is 11.0. The molecule has 16 heavy (non-hydrogen) atoms. The van der Waals surface area contributed by atoms with Crippen LogP contribution >= 0.6 is 0 Å². The molecule has 0 fully saturated rings. The quantitative estimate of drug-likeness (QED) is 0.848. The molecule has 1 rings (SSSR count). The Bertz CT molecular complexity index is 377. The second-order valence-electron chi connectivity index (χ2n) is 3.53. The first-order chi connectivity index (χ1) is 7.58. The summed E-state index contributed by atoms with van der Waals surface area (Å²) < 4.78 is 10.4.